The summed E-state index contributed by atoms with van der Waals surface area (Å²) in [5.74, 6) is 2.38. The largest absolute Gasteiger partial charge is 0.353 e. The fourth-order valence-electron chi connectivity index (χ4n) is 4.09. The van der Waals surface area contributed by atoms with E-state index < -0.39 is 0 Å². The Kier molecular flexibility index (Phi) is 7.42. The first-order valence-electron chi connectivity index (χ1n) is 9.91. The molecule has 7 heteroatoms. The van der Waals surface area contributed by atoms with E-state index in [2.05, 4.69) is 68.6 Å². The van der Waals surface area contributed by atoms with Gasteiger partial charge < -0.3 is 10.2 Å². The minimum Gasteiger partial charge on any atom is -0.353 e. The molecule has 1 aliphatic heterocycles. The third-order valence-corrected chi connectivity index (χ3v) is 6.11. The average molecular weight is 558 g/mol. The van der Waals surface area contributed by atoms with E-state index in [1.165, 1.54) is 24.0 Å². The topological polar surface area (TPSA) is 45.5 Å². The molecule has 28 heavy (non-hydrogen) atoms. The molecule has 3 atom stereocenters. The lowest BCUT2D eigenvalue weighted by Crippen LogP contribution is -2.41. The molecule has 1 N–H and O–H groups in total. The lowest BCUT2D eigenvalue weighted by Gasteiger charge is -2.22. The van der Waals surface area contributed by atoms with E-state index in [0.29, 0.717) is 17.9 Å². The molecule has 0 bridgehead atoms. The molecule has 2 aromatic rings. The molecule has 4 rings (SSSR count). The van der Waals surface area contributed by atoms with Crippen LogP contribution in [0.3, 0.4) is 0 Å². The second kappa shape index (κ2) is 9.61. The number of rotatable bonds is 5. The van der Waals surface area contributed by atoms with E-state index >= 15 is 0 Å². The van der Waals surface area contributed by atoms with Gasteiger partial charge in [0.1, 0.15) is 0 Å². The molecule has 2 heterocycles. The molecule has 2 aliphatic rings. The quantitative estimate of drug-likeness (QED) is 0.341. The highest BCUT2D eigenvalue weighted by Gasteiger charge is 2.40. The summed E-state index contributed by atoms with van der Waals surface area (Å²) in [5.41, 5.74) is 2.76. The lowest BCUT2D eigenvalue weighted by molar-refractivity contribution is 0.458. The Balaban J connectivity index is 0.00000225. The summed E-state index contributed by atoms with van der Waals surface area (Å²) in [4.78, 5) is 7.23. The first kappa shape index (κ1) is 21.6. The van der Waals surface area contributed by atoms with E-state index in [1.54, 1.807) is 0 Å². The summed E-state index contributed by atoms with van der Waals surface area (Å²) in [7, 11) is 1.98. The van der Waals surface area contributed by atoms with Crippen LogP contribution in [0.25, 0.3) is 0 Å². The van der Waals surface area contributed by atoms with Crippen LogP contribution in [0.5, 0.6) is 0 Å². The van der Waals surface area contributed by atoms with Gasteiger partial charge in [-0.1, -0.05) is 28.1 Å². The van der Waals surface area contributed by atoms with Crippen molar-refractivity contribution in [2.75, 3.05) is 19.6 Å². The number of benzene rings is 1. The number of hydrogen-bond donors (Lipinski definition) is 1. The van der Waals surface area contributed by atoms with Gasteiger partial charge in [-0.05, 0) is 55.4 Å². The van der Waals surface area contributed by atoms with Gasteiger partial charge in [0.25, 0.3) is 0 Å². The molecule has 2 fully saturated rings. The average Bonchev–Trinajstić information content (AvgIpc) is 3.05. The SMILES string of the molecule is CCN=C(NC1CC1c1ccc(Br)cc1)N1CCC(Cc2cnn(C)c2)C1.I. The second-order valence-corrected chi connectivity index (χ2v) is 8.69. The maximum atomic E-state index is 4.78. The molecule has 0 spiro atoms. The molecular formula is C21H29BrIN5. The summed E-state index contributed by atoms with van der Waals surface area (Å²) in [6, 6.07) is 9.23. The van der Waals surface area contributed by atoms with Crippen molar-refractivity contribution < 1.29 is 0 Å². The van der Waals surface area contributed by atoms with Crippen LogP contribution in [0, 0.1) is 5.92 Å². The minimum absolute atomic E-state index is 0. The third-order valence-electron chi connectivity index (χ3n) is 5.58. The number of likely N-dealkylation sites (tertiary alicyclic amines) is 1. The van der Waals surface area contributed by atoms with Gasteiger partial charge in [-0.3, -0.25) is 9.67 Å². The highest BCUT2D eigenvalue weighted by atomic mass is 127. The predicted octanol–water partition coefficient (Wildman–Crippen LogP) is 4.19. The van der Waals surface area contributed by atoms with Crippen LogP contribution in [0.1, 0.15) is 36.8 Å². The monoisotopic (exact) mass is 557 g/mol. The normalized spacial score (nSPS) is 24.2. The maximum absolute atomic E-state index is 4.78. The van der Waals surface area contributed by atoms with Crippen LogP contribution in [-0.4, -0.2) is 46.3 Å². The summed E-state index contributed by atoms with van der Waals surface area (Å²) in [6.45, 7) is 5.11. The van der Waals surface area contributed by atoms with Crippen LogP contribution < -0.4 is 5.32 Å². The Hall–Kier alpha value is -1.09. The van der Waals surface area contributed by atoms with Gasteiger partial charge in [-0.2, -0.15) is 5.10 Å². The van der Waals surface area contributed by atoms with E-state index in [4.69, 9.17) is 4.99 Å². The van der Waals surface area contributed by atoms with E-state index in [1.807, 2.05) is 17.9 Å². The number of guanidine groups is 1. The van der Waals surface area contributed by atoms with Crippen molar-refractivity contribution in [2.24, 2.45) is 18.0 Å². The van der Waals surface area contributed by atoms with Crippen LogP contribution in [0.15, 0.2) is 46.1 Å². The van der Waals surface area contributed by atoms with Crippen LogP contribution in [-0.2, 0) is 13.5 Å². The number of aromatic nitrogens is 2. The fourth-order valence-corrected chi connectivity index (χ4v) is 4.35. The molecule has 1 aromatic heterocycles. The molecule has 1 saturated heterocycles. The van der Waals surface area contributed by atoms with Crippen LogP contribution in [0.4, 0.5) is 0 Å². The maximum Gasteiger partial charge on any atom is 0.194 e. The number of hydrogen-bond acceptors (Lipinski definition) is 2. The predicted molar refractivity (Wildman–Crippen MR) is 128 cm³/mol. The number of halogens is 2. The second-order valence-electron chi connectivity index (χ2n) is 7.77. The van der Waals surface area contributed by atoms with Crippen LogP contribution in [0.2, 0.25) is 0 Å². The number of nitrogens with zero attached hydrogens (tertiary/aromatic N) is 4. The number of nitrogens with one attached hydrogen (secondary N) is 1. The molecule has 1 aliphatic carbocycles. The van der Waals surface area contributed by atoms with Crippen molar-refractivity contribution in [3.05, 3.63) is 52.3 Å². The zero-order valence-electron chi connectivity index (χ0n) is 16.5. The van der Waals surface area contributed by atoms with Gasteiger partial charge in [0.2, 0.25) is 0 Å². The molecule has 152 valence electrons. The van der Waals surface area contributed by atoms with E-state index in [0.717, 1.165) is 36.5 Å². The summed E-state index contributed by atoms with van der Waals surface area (Å²) >= 11 is 3.52. The smallest absolute Gasteiger partial charge is 0.194 e. The Morgan fingerprint density at radius 3 is 2.79 bits per heavy atom. The number of aryl methyl sites for hydroxylation is 1. The van der Waals surface area contributed by atoms with Crippen molar-refractivity contribution in [1.82, 2.24) is 20.0 Å². The van der Waals surface area contributed by atoms with E-state index in [9.17, 15) is 0 Å². The molecular weight excluding hydrogens is 529 g/mol. The van der Waals surface area contributed by atoms with Gasteiger partial charge in [0.05, 0.1) is 6.20 Å². The van der Waals surface area contributed by atoms with Crippen molar-refractivity contribution in [1.29, 1.82) is 0 Å². The highest BCUT2D eigenvalue weighted by Crippen LogP contribution is 2.41. The molecule has 1 saturated carbocycles. The number of aliphatic imine (C=N–C) groups is 1. The Bertz CT molecular complexity index is 803. The molecule has 0 amide bonds. The standard InChI is InChI=1S/C21H28BrN5.HI/c1-3-23-21(25-20-11-19(20)17-4-6-18(22)7-5-17)27-9-8-15(14-27)10-16-12-24-26(2)13-16;/h4-7,12-13,15,19-20H,3,8-11,14H2,1-2H3,(H,23,25);1H. The Morgan fingerprint density at radius 2 is 2.11 bits per heavy atom. The zero-order valence-corrected chi connectivity index (χ0v) is 20.4. The fraction of sp³-hybridized carbons (Fsp3) is 0.524. The molecule has 5 nitrogen and oxygen atoms in total. The Labute approximate surface area is 193 Å². The van der Waals surface area contributed by atoms with Crippen molar-refractivity contribution in [3.63, 3.8) is 0 Å². The van der Waals surface area contributed by atoms with Crippen molar-refractivity contribution in [2.45, 2.75) is 38.1 Å². The lowest BCUT2D eigenvalue weighted by atomic mass is 10.0. The summed E-state index contributed by atoms with van der Waals surface area (Å²) in [5, 5.41) is 8.03. The van der Waals surface area contributed by atoms with Gasteiger partial charge in [-0.15, -0.1) is 24.0 Å². The first-order valence-corrected chi connectivity index (χ1v) is 10.7. The highest BCUT2D eigenvalue weighted by molar-refractivity contribution is 14.0. The zero-order chi connectivity index (χ0) is 18.8. The van der Waals surface area contributed by atoms with Gasteiger partial charge in [0.15, 0.2) is 5.96 Å². The van der Waals surface area contributed by atoms with E-state index in [-0.39, 0.29) is 24.0 Å². The minimum atomic E-state index is 0. The molecule has 1 aromatic carbocycles. The molecule has 0 radical (unpaired) electrons. The molecule has 3 unspecified atom stereocenters. The van der Waals surface area contributed by atoms with Crippen molar-refractivity contribution >= 4 is 45.9 Å². The van der Waals surface area contributed by atoms with Gasteiger partial charge >= 0.3 is 0 Å². The van der Waals surface area contributed by atoms with Crippen LogP contribution >= 0.6 is 39.9 Å². The summed E-state index contributed by atoms with van der Waals surface area (Å²) in [6.07, 6.45) is 7.65. The first-order chi connectivity index (χ1) is 13.1. The summed E-state index contributed by atoms with van der Waals surface area (Å²) < 4.78 is 3.03. The third kappa shape index (κ3) is 5.28. The van der Waals surface area contributed by atoms with Crippen molar-refractivity contribution in [3.8, 4) is 0 Å². The van der Waals surface area contributed by atoms with Gasteiger partial charge in [0, 0.05) is 49.3 Å². The Morgan fingerprint density at radius 1 is 1.32 bits per heavy atom. The van der Waals surface area contributed by atoms with Gasteiger partial charge in [-0.25, -0.2) is 0 Å².